The van der Waals surface area contributed by atoms with Crippen LogP contribution in [0.2, 0.25) is 0 Å². The summed E-state index contributed by atoms with van der Waals surface area (Å²) in [6, 6.07) is 7.50. The third kappa shape index (κ3) is 5.23. The summed E-state index contributed by atoms with van der Waals surface area (Å²) in [5.41, 5.74) is 0.868. The molecule has 0 saturated heterocycles. The highest BCUT2D eigenvalue weighted by Crippen LogP contribution is 2.17. The van der Waals surface area contributed by atoms with Gasteiger partial charge >= 0.3 is 0 Å². The summed E-state index contributed by atoms with van der Waals surface area (Å²) in [5, 5.41) is 3.39. The van der Waals surface area contributed by atoms with Gasteiger partial charge in [0.1, 0.15) is 0 Å². The number of nitrogens with one attached hydrogen (secondary N) is 2. The van der Waals surface area contributed by atoms with Crippen molar-refractivity contribution in [3.63, 3.8) is 0 Å². The minimum Gasteiger partial charge on any atom is -0.314 e. The van der Waals surface area contributed by atoms with Gasteiger partial charge in [0.25, 0.3) is 0 Å². The average molecular weight is 298 g/mol. The third-order valence-electron chi connectivity index (χ3n) is 3.07. The first-order valence-corrected chi connectivity index (χ1v) is 8.80. The molecule has 0 fully saturated rings. The van der Waals surface area contributed by atoms with Gasteiger partial charge in [-0.1, -0.05) is 32.0 Å². The third-order valence-corrected chi connectivity index (χ3v) is 4.63. The van der Waals surface area contributed by atoms with E-state index >= 15 is 0 Å². The van der Waals surface area contributed by atoms with Crippen LogP contribution in [0.25, 0.3) is 0 Å². The minimum atomic E-state index is -3.40. The molecular weight excluding hydrogens is 272 g/mol. The van der Waals surface area contributed by atoms with E-state index in [9.17, 15) is 8.42 Å². The summed E-state index contributed by atoms with van der Waals surface area (Å²) in [4.78, 5) is 0.401. The van der Waals surface area contributed by atoms with E-state index in [2.05, 4.69) is 23.9 Å². The topological polar surface area (TPSA) is 58.2 Å². The van der Waals surface area contributed by atoms with Crippen molar-refractivity contribution in [3.8, 4) is 0 Å². The van der Waals surface area contributed by atoms with Crippen molar-refractivity contribution in [1.29, 1.82) is 0 Å². The Morgan fingerprint density at radius 1 is 1.10 bits per heavy atom. The first kappa shape index (κ1) is 17.1. The molecule has 0 spiro atoms. The number of sulfonamides is 1. The molecule has 2 N–H and O–H groups in total. The first-order chi connectivity index (χ1) is 9.51. The normalized spacial score (nSPS) is 13.3. The quantitative estimate of drug-likeness (QED) is 0.735. The summed E-state index contributed by atoms with van der Waals surface area (Å²) < 4.78 is 27.2. The van der Waals surface area contributed by atoms with E-state index in [1.165, 1.54) is 0 Å². The van der Waals surface area contributed by atoms with Crippen molar-refractivity contribution in [2.75, 3.05) is 13.1 Å². The predicted molar refractivity (Wildman–Crippen MR) is 83.4 cm³/mol. The van der Waals surface area contributed by atoms with Crippen LogP contribution in [0.4, 0.5) is 0 Å². The highest BCUT2D eigenvalue weighted by Gasteiger charge is 2.18. The number of benzene rings is 1. The Morgan fingerprint density at radius 3 is 2.40 bits per heavy atom. The Morgan fingerprint density at radius 2 is 1.75 bits per heavy atom. The van der Waals surface area contributed by atoms with Crippen LogP contribution in [0.15, 0.2) is 29.2 Å². The Kier molecular flexibility index (Phi) is 7.19. The van der Waals surface area contributed by atoms with Gasteiger partial charge in [-0.25, -0.2) is 13.1 Å². The molecule has 0 saturated carbocycles. The van der Waals surface area contributed by atoms with Crippen molar-refractivity contribution in [3.05, 3.63) is 29.8 Å². The molecule has 20 heavy (non-hydrogen) atoms. The van der Waals surface area contributed by atoms with E-state index in [1.54, 1.807) is 12.1 Å². The van der Waals surface area contributed by atoms with Gasteiger partial charge in [-0.05, 0) is 44.4 Å². The second-order valence-electron chi connectivity index (χ2n) is 5.06. The molecule has 0 aliphatic carbocycles. The molecule has 1 atom stereocenters. The zero-order valence-corrected chi connectivity index (χ0v) is 13.5. The molecular formula is C15H26N2O2S. The number of rotatable bonds is 9. The fourth-order valence-electron chi connectivity index (χ4n) is 2.04. The maximum atomic E-state index is 12.3. The van der Waals surface area contributed by atoms with E-state index in [4.69, 9.17) is 0 Å². The van der Waals surface area contributed by atoms with Crippen LogP contribution in [0.5, 0.6) is 0 Å². The van der Waals surface area contributed by atoms with Crippen LogP contribution in [0.3, 0.4) is 0 Å². The summed E-state index contributed by atoms with van der Waals surface area (Å²) in [6.07, 6.45) is 2.57. The van der Waals surface area contributed by atoms with Crippen LogP contribution in [0.1, 0.15) is 39.2 Å². The summed E-state index contributed by atoms with van der Waals surface area (Å²) in [7, 11) is -3.40. The summed E-state index contributed by atoms with van der Waals surface area (Å²) in [6.45, 7) is 7.57. The average Bonchev–Trinajstić information content (AvgIpc) is 2.43. The molecule has 1 aromatic rings. The Hall–Kier alpha value is -0.910. The SMILES string of the molecule is CCCNC(C)Cc1ccccc1S(=O)(=O)NCCC. The molecule has 1 rings (SSSR count). The molecule has 0 radical (unpaired) electrons. The molecule has 1 unspecified atom stereocenters. The molecule has 0 heterocycles. The van der Waals surface area contributed by atoms with E-state index in [0.717, 1.165) is 24.9 Å². The maximum Gasteiger partial charge on any atom is 0.240 e. The van der Waals surface area contributed by atoms with E-state index in [0.29, 0.717) is 17.9 Å². The van der Waals surface area contributed by atoms with Gasteiger partial charge in [-0.2, -0.15) is 0 Å². The lowest BCUT2D eigenvalue weighted by molar-refractivity contribution is 0.538. The highest BCUT2D eigenvalue weighted by molar-refractivity contribution is 7.89. The molecule has 5 heteroatoms. The van der Waals surface area contributed by atoms with Crippen molar-refractivity contribution < 1.29 is 8.42 Å². The zero-order valence-electron chi connectivity index (χ0n) is 12.6. The van der Waals surface area contributed by atoms with Crippen LogP contribution in [0, 0.1) is 0 Å². The highest BCUT2D eigenvalue weighted by atomic mass is 32.2. The van der Waals surface area contributed by atoms with Crippen molar-refractivity contribution in [2.24, 2.45) is 0 Å². The Balaban J connectivity index is 2.88. The van der Waals surface area contributed by atoms with Gasteiger partial charge in [0.05, 0.1) is 4.90 Å². The van der Waals surface area contributed by atoms with Crippen LogP contribution in [-0.4, -0.2) is 27.5 Å². The fraction of sp³-hybridized carbons (Fsp3) is 0.600. The van der Waals surface area contributed by atoms with Crippen LogP contribution in [-0.2, 0) is 16.4 Å². The molecule has 0 aliphatic rings. The number of hydrogen-bond donors (Lipinski definition) is 2. The smallest absolute Gasteiger partial charge is 0.240 e. The lowest BCUT2D eigenvalue weighted by atomic mass is 10.1. The summed E-state index contributed by atoms with van der Waals surface area (Å²) in [5.74, 6) is 0. The van der Waals surface area contributed by atoms with E-state index in [1.807, 2.05) is 19.1 Å². The van der Waals surface area contributed by atoms with Gasteiger partial charge in [-0.15, -0.1) is 0 Å². The largest absolute Gasteiger partial charge is 0.314 e. The summed E-state index contributed by atoms with van der Waals surface area (Å²) >= 11 is 0. The van der Waals surface area contributed by atoms with E-state index < -0.39 is 10.0 Å². The van der Waals surface area contributed by atoms with Crippen molar-refractivity contribution in [2.45, 2.75) is 51.0 Å². The van der Waals surface area contributed by atoms with Crippen LogP contribution < -0.4 is 10.0 Å². The lowest BCUT2D eigenvalue weighted by Gasteiger charge is -2.16. The molecule has 114 valence electrons. The second kappa shape index (κ2) is 8.39. The van der Waals surface area contributed by atoms with Gasteiger partial charge < -0.3 is 5.32 Å². The molecule has 0 aliphatic heterocycles. The Labute approximate surface area is 123 Å². The molecule has 0 aromatic heterocycles. The number of hydrogen-bond acceptors (Lipinski definition) is 3. The molecule has 4 nitrogen and oxygen atoms in total. The first-order valence-electron chi connectivity index (χ1n) is 7.32. The van der Waals surface area contributed by atoms with Crippen molar-refractivity contribution >= 4 is 10.0 Å². The predicted octanol–water partition coefficient (Wildman–Crippen LogP) is 2.31. The Bertz CT molecular complexity index is 500. The zero-order chi connectivity index (χ0) is 15.0. The monoisotopic (exact) mass is 298 g/mol. The van der Waals surface area contributed by atoms with Crippen molar-refractivity contribution in [1.82, 2.24) is 10.0 Å². The second-order valence-corrected chi connectivity index (χ2v) is 6.80. The van der Waals surface area contributed by atoms with Gasteiger partial charge in [0, 0.05) is 12.6 Å². The van der Waals surface area contributed by atoms with Gasteiger partial charge in [0.2, 0.25) is 10.0 Å². The fourth-order valence-corrected chi connectivity index (χ4v) is 3.42. The molecule has 0 amide bonds. The molecule has 1 aromatic carbocycles. The minimum absolute atomic E-state index is 0.262. The van der Waals surface area contributed by atoms with E-state index in [-0.39, 0.29) is 6.04 Å². The van der Waals surface area contributed by atoms with Gasteiger partial charge in [0.15, 0.2) is 0 Å². The lowest BCUT2D eigenvalue weighted by Crippen LogP contribution is -2.30. The van der Waals surface area contributed by atoms with Crippen LogP contribution >= 0.6 is 0 Å². The molecule has 0 bridgehead atoms. The maximum absolute atomic E-state index is 12.3. The standard InChI is InChI=1S/C15H26N2O2S/c1-4-10-16-13(3)12-14-8-6-7-9-15(14)20(18,19)17-11-5-2/h6-9,13,16-17H,4-5,10-12H2,1-3H3. The van der Waals surface area contributed by atoms with Gasteiger partial charge in [-0.3, -0.25) is 0 Å².